The number of hydrogen-bond donors (Lipinski definition) is 1. The van der Waals surface area contributed by atoms with Crippen LogP contribution in [0.3, 0.4) is 0 Å². The Morgan fingerprint density at radius 1 is 1.06 bits per heavy atom. The SMILES string of the molecule is CCC[C@@H](N)C12CC3CC(C)(CC(C)(C3)C1)C2. The molecule has 0 spiro atoms. The fraction of sp³-hybridized carbons (Fsp3) is 1.00. The molecule has 1 nitrogen and oxygen atoms in total. The normalized spacial score (nSPS) is 54.0. The zero-order valence-corrected chi connectivity index (χ0v) is 11.9. The second-order valence-electron chi connectivity index (χ2n) is 8.39. The summed E-state index contributed by atoms with van der Waals surface area (Å²) in [6, 6.07) is 0.467. The van der Waals surface area contributed by atoms with Crippen molar-refractivity contribution in [1.82, 2.24) is 0 Å². The van der Waals surface area contributed by atoms with E-state index in [4.69, 9.17) is 5.73 Å². The minimum absolute atomic E-state index is 0.467. The molecule has 4 fully saturated rings. The van der Waals surface area contributed by atoms with Crippen LogP contribution in [0.15, 0.2) is 0 Å². The summed E-state index contributed by atoms with van der Waals surface area (Å²) in [5, 5.41) is 0. The van der Waals surface area contributed by atoms with Gasteiger partial charge in [0.2, 0.25) is 0 Å². The van der Waals surface area contributed by atoms with Gasteiger partial charge in [-0.3, -0.25) is 0 Å². The first-order valence-electron chi connectivity index (χ1n) is 7.64. The van der Waals surface area contributed by atoms with Crippen molar-refractivity contribution in [3.8, 4) is 0 Å². The second-order valence-corrected chi connectivity index (χ2v) is 8.39. The predicted molar refractivity (Wildman–Crippen MR) is 72.7 cm³/mol. The van der Waals surface area contributed by atoms with E-state index in [-0.39, 0.29) is 0 Å². The topological polar surface area (TPSA) is 26.0 Å². The van der Waals surface area contributed by atoms with Gasteiger partial charge in [-0.2, -0.15) is 0 Å². The maximum atomic E-state index is 6.60. The van der Waals surface area contributed by atoms with Gasteiger partial charge in [-0.25, -0.2) is 0 Å². The highest BCUT2D eigenvalue weighted by atomic mass is 14.8. The van der Waals surface area contributed by atoms with E-state index in [0.29, 0.717) is 22.3 Å². The third-order valence-corrected chi connectivity index (χ3v) is 6.06. The van der Waals surface area contributed by atoms with Crippen LogP contribution >= 0.6 is 0 Å². The first-order chi connectivity index (χ1) is 7.89. The molecule has 0 amide bonds. The second kappa shape index (κ2) is 3.50. The molecule has 2 unspecified atom stereocenters. The van der Waals surface area contributed by atoms with Gasteiger partial charge in [0.25, 0.3) is 0 Å². The Bertz CT molecular complexity index is 303. The lowest BCUT2D eigenvalue weighted by molar-refractivity contribution is -0.154. The van der Waals surface area contributed by atoms with Crippen LogP contribution in [0.1, 0.15) is 72.1 Å². The third-order valence-electron chi connectivity index (χ3n) is 6.06. The minimum atomic E-state index is 0.467. The fourth-order valence-corrected chi connectivity index (χ4v) is 6.57. The first kappa shape index (κ1) is 12.0. The smallest absolute Gasteiger partial charge is 0.00959 e. The molecule has 0 aromatic heterocycles. The van der Waals surface area contributed by atoms with Crippen LogP contribution in [0.25, 0.3) is 0 Å². The number of hydrogen-bond acceptors (Lipinski definition) is 1. The van der Waals surface area contributed by atoms with Gasteiger partial charge in [0.1, 0.15) is 0 Å². The third kappa shape index (κ3) is 1.77. The van der Waals surface area contributed by atoms with Crippen LogP contribution in [0, 0.1) is 22.2 Å². The average Bonchev–Trinajstić information content (AvgIpc) is 2.11. The average molecular weight is 235 g/mol. The molecule has 1 heteroatoms. The van der Waals surface area contributed by atoms with Crippen LogP contribution in [0.2, 0.25) is 0 Å². The Labute approximate surface area is 107 Å². The van der Waals surface area contributed by atoms with Crippen LogP contribution < -0.4 is 5.73 Å². The highest BCUT2D eigenvalue weighted by molar-refractivity contribution is 5.12. The van der Waals surface area contributed by atoms with Crippen molar-refractivity contribution in [2.24, 2.45) is 27.9 Å². The van der Waals surface area contributed by atoms with E-state index in [0.717, 1.165) is 5.92 Å². The number of rotatable bonds is 3. The highest BCUT2D eigenvalue weighted by Crippen LogP contribution is 2.70. The van der Waals surface area contributed by atoms with E-state index in [1.54, 1.807) is 0 Å². The van der Waals surface area contributed by atoms with Crippen LogP contribution in [0.4, 0.5) is 0 Å². The Hall–Kier alpha value is -0.0400. The fourth-order valence-electron chi connectivity index (χ4n) is 6.57. The molecule has 4 aliphatic carbocycles. The largest absolute Gasteiger partial charge is 0.327 e. The van der Waals surface area contributed by atoms with Crippen molar-refractivity contribution in [3.05, 3.63) is 0 Å². The van der Waals surface area contributed by atoms with Crippen molar-refractivity contribution in [3.63, 3.8) is 0 Å². The van der Waals surface area contributed by atoms with Gasteiger partial charge in [0.15, 0.2) is 0 Å². The van der Waals surface area contributed by atoms with Crippen molar-refractivity contribution in [2.45, 2.75) is 78.2 Å². The van der Waals surface area contributed by atoms with Gasteiger partial charge in [-0.05, 0) is 67.1 Å². The van der Waals surface area contributed by atoms with Crippen molar-refractivity contribution >= 4 is 0 Å². The predicted octanol–water partition coefficient (Wildman–Crippen LogP) is 4.11. The maximum absolute atomic E-state index is 6.60. The molecule has 4 saturated carbocycles. The summed E-state index contributed by atoms with van der Waals surface area (Å²) >= 11 is 0. The molecule has 4 aliphatic rings. The Kier molecular flexibility index (Phi) is 2.47. The summed E-state index contributed by atoms with van der Waals surface area (Å²) in [5.41, 5.74) is 8.36. The molecule has 2 N–H and O–H groups in total. The zero-order chi connectivity index (χ0) is 12.3. The van der Waals surface area contributed by atoms with E-state index in [2.05, 4.69) is 20.8 Å². The molecular formula is C16H29N. The van der Waals surface area contributed by atoms with E-state index < -0.39 is 0 Å². The molecule has 0 heterocycles. The summed E-state index contributed by atoms with van der Waals surface area (Å²) in [4.78, 5) is 0. The lowest BCUT2D eigenvalue weighted by Crippen LogP contribution is -2.60. The van der Waals surface area contributed by atoms with Gasteiger partial charge in [0.05, 0.1) is 0 Å². The summed E-state index contributed by atoms with van der Waals surface area (Å²) in [7, 11) is 0. The molecule has 3 atom stereocenters. The first-order valence-corrected chi connectivity index (χ1v) is 7.64. The molecule has 0 aliphatic heterocycles. The summed E-state index contributed by atoms with van der Waals surface area (Å²) in [6.45, 7) is 7.37. The Morgan fingerprint density at radius 2 is 1.65 bits per heavy atom. The lowest BCUT2D eigenvalue weighted by Gasteiger charge is -2.67. The van der Waals surface area contributed by atoms with Crippen molar-refractivity contribution in [2.75, 3.05) is 0 Å². The molecule has 4 rings (SSSR count). The highest BCUT2D eigenvalue weighted by Gasteiger charge is 2.61. The van der Waals surface area contributed by atoms with E-state index in [9.17, 15) is 0 Å². The Morgan fingerprint density at radius 3 is 2.12 bits per heavy atom. The van der Waals surface area contributed by atoms with Gasteiger partial charge < -0.3 is 5.73 Å². The van der Waals surface area contributed by atoms with Gasteiger partial charge in [-0.15, -0.1) is 0 Å². The quantitative estimate of drug-likeness (QED) is 0.782. The van der Waals surface area contributed by atoms with Crippen molar-refractivity contribution < 1.29 is 0 Å². The molecular weight excluding hydrogens is 206 g/mol. The van der Waals surface area contributed by atoms with Crippen molar-refractivity contribution in [1.29, 1.82) is 0 Å². The molecule has 0 aromatic rings. The lowest BCUT2D eigenvalue weighted by atomic mass is 9.39. The molecule has 98 valence electrons. The van der Waals surface area contributed by atoms with Crippen LogP contribution in [-0.2, 0) is 0 Å². The standard InChI is InChI=1S/C16H29N/c1-4-5-13(17)16-8-12-6-14(2,10-16)9-15(3,7-12)11-16/h12-13H,4-11,17H2,1-3H3/t12?,13-,14?,15?,16?/m1/s1. The summed E-state index contributed by atoms with van der Waals surface area (Å²) < 4.78 is 0. The van der Waals surface area contributed by atoms with E-state index in [1.165, 1.54) is 51.4 Å². The molecule has 0 aromatic carbocycles. The zero-order valence-electron chi connectivity index (χ0n) is 11.9. The summed E-state index contributed by atoms with van der Waals surface area (Å²) in [5.74, 6) is 0.990. The van der Waals surface area contributed by atoms with Crippen LogP contribution in [-0.4, -0.2) is 6.04 Å². The summed E-state index contributed by atoms with van der Waals surface area (Å²) in [6.07, 6.45) is 11.2. The molecule has 4 bridgehead atoms. The maximum Gasteiger partial charge on any atom is 0.00959 e. The van der Waals surface area contributed by atoms with E-state index in [1.807, 2.05) is 0 Å². The van der Waals surface area contributed by atoms with E-state index >= 15 is 0 Å². The van der Waals surface area contributed by atoms with Gasteiger partial charge in [0, 0.05) is 6.04 Å². The monoisotopic (exact) mass is 235 g/mol. The van der Waals surface area contributed by atoms with Gasteiger partial charge >= 0.3 is 0 Å². The minimum Gasteiger partial charge on any atom is -0.327 e. The molecule has 0 saturated heterocycles. The van der Waals surface area contributed by atoms with Gasteiger partial charge in [-0.1, -0.05) is 27.2 Å². The Balaban J connectivity index is 1.92. The molecule has 17 heavy (non-hydrogen) atoms. The number of nitrogens with two attached hydrogens (primary N) is 1. The van der Waals surface area contributed by atoms with Crippen LogP contribution in [0.5, 0.6) is 0 Å². The molecule has 0 radical (unpaired) electrons.